The molecule has 2 aliphatic heterocycles. The van der Waals surface area contributed by atoms with Crippen LogP contribution in [0.4, 0.5) is 4.79 Å². The fraction of sp³-hybridized carbons (Fsp3) is 0.409. The predicted molar refractivity (Wildman–Crippen MR) is 107 cm³/mol. The predicted octanol–water partition coefficient (Wildman–Crippen LogP) is 3.18. The third kappa shape index (κ3) is 4.22. The second-order valence-corrected chi connectivity index (χ2v) is 7.23. The summed E-state index contributed by atoms with van der Waals surface area (Å²) < 4.78 is 10.8. The van der Waals surface area contributed by atoms with Gasteiger partial charge in [0.1, 0.15) is 0 Å². The van der Waals surface area contributed by atoms with Crippen LogP contribution >= 0.6 is 0 Å². The fourth-order valence-electron chi connectivity index (χ4n) is 3.71. The maximum Gasteiger partial charge on any atom is 0.320 e. The van der Waals surface area contributed by atoms with E-state index in [0.29, 0.717) is 19.9 Å². The normalized spacial score (nSPS) is 16.2. The fourth-order valence-corrected chi connectivity index (χ4v) is 3.71. The lowest BCUT2D eigenvalue weighted by molar-refractivity contribution is 0.109. The van der Waals surface area contributed by atoms with Crippen LogP contribution in [0.1, 0.15) is 18.1 Å². The standard InChI is InChI=1S/C22H27N3O3/c1-2-24(16-18-6-4-3-5-7-18)22(26)25-12-10-23(11-13-25)15-19-8-9-20-21(14-19)28-17-27-20/h3-9,14H,2,10-13,15-17H2,1H3. The molecule has 4 rings (SSSR count). The molecule has 2 aromatic carbocycles. The van der Waals surface area contributed by atoms with Gasteiger partial charge in [-0.2, -0.15) is 0 Å². The van der Waals surface area contributed by atoms with Crippen molar-refractivity contribution in [1.29, 1.82) is 0 Å². The molecule has 0 atom stereocenters. The van der Waals surface area contributed by atoms with Gasteiger partial charge in [-0.15, -0.1) is 0 Å². The van der Waals surface area contributed by atoms with Crippen LogP contribution < -0.4 is 9.47 Å². The molecule has 1 fully saturated rings. The van der Waals surface area contributed by atoms with E-state index >= 15 is 0 Å². The molecule has 2 amide bonds. The van der Waals surface area contributed by atoms with Crippen molar-refractivity contribution in [3.63, 3.8) is 0 Å². The average molecular weight is 381 g/mol. The van der Waals surface area contributed by atoms with Gasteiger partial charge in [0.2, 0.25) is 6.79 Å². The number of piperazine rings is 1. The van der Waals surface area contributed by atoms with E-state index in [1.54, 1.807) is 0 Å². The van der Waals surface area contributed by atoms with Gasteiger partial charge in [0.25, 0.3) is 0 Å². The lowest BCUT2D eigenvalue weighted by Gasteiger charge is -2.37. The number of carbonyl (C=O) groups is 1. The summed E-state index contributed by atoms with van der Waals surface area (Å²) in [5.74, 6) is 1.64. The highest BCUT2D eigenvalue weighted by Gasteiger charge is 2.25. The molecular weight excluding hydrogens is 354 g/mol. The van der Waals surface area contributed by atoms with Gasteiger partial charge in [0, 0.05) is 45.8 Å². The number of carbonyl (C=O) groups excluding carboxylic acids is 1. The first-order valence-electron chi connectivity index (χ1n) is 9.91. The number of fused-ring (bicyclic) bond motifs is 1. The quantitative estimate of drug-likeness (QED) is 0.798. The number of amides is 2. The van der Waals surface area contributed by atoms with Crippen LogP contribution in [0.25, 0.3) is 0 Å². The van der Waals surface area contributed by atoms with Gasteiger partial charge in [-0.05, 0) is 30.2 Å². The minimum absolute atomic E-state index is 0.133. The molecule has 28 heavy (non-hydrogen) atoms. The Labute approximate surface area is 166 Å². The first-order valence-corrected chi connectivity index (χ1v) is 9.91. The minimum atomic E-state index is 0.133. The van der Waals surface area contributed by atoms with Gasteiger partial charge in [-0.25, -0.2) is 4.79 Å². The van der Waals surface area contributed by atoms with Crippen molar-refractivity contribution in [2.45, 2.75) is 20.0 Å². The van der Waals surface area contributed by atoms with Crippen molar-refractivity contribution in [2.24, 2.45) is 0 Å². The molecule has 0 saturated carbocycles. The second-order valence-electron chi connectivity index (χ2n) is 7.23. The van der Waals surface area contributed by atoms with Crippen LogP contribution in [0.2, 0.25) is 0 Å². The van der Waals surface area contributed by atoms with Crippen molar-refractivity contribution in [3.8, 4) is 11.5 Å². The monoisotopic (exact) mass is 381 g/mol. The summed E-state index contributed by atoms with van der Waals surface area (Å²) in [6, 6.07) is 16.4. The van der Waals surface area contributed by atoms with E-state index < -0.39 is 0 Å². The second kappa shape index (κ2) is 8.52. The Balaban J connectivity index is 1.30. The number of rotatable bonds is 5. The molecular formula is C22H27N3O3. The zero-order valence-corrected chi connectivity index (χ0v) is 16.3. The SMILES string of the molecule is CCN(Cc1ccccc1)C(=O)N1CCN(Cc2ccc3c(c2)OCO3)CC1. The smallest absolute Gasteiger partial charge is 0.320 e. The lowest BCUT2D eigenvalue weighted by atomic mass is 10.1. The molecule has 6 nitrogen and oxygen atoms in total. The summed E-state index contributed by atoms with van der Waals surface area (Å²) in [6.45, 7) is 7.85. The molecule has 0 spiro atoms. The molecule has 0 aliphatic carbocycles. The number of hydrogen-bond donors (Lipinski definition) is 0. The van der Waals surface area contributed by atoms with Crippen molar-refractivity contribution in [2.75, 3.05) is 39.5 Å². The largest absolute Gasteiger partial charge is 0.454 e. The molecule has 2 aromatic rings. The molecule has 6 heteroatoms. The number of benzene rings is 2. The van der Waals surface area contributed by atoms with Gasteiger partial charge >= 0.3 is 6.03 Å². The van der Waals surface area contributed by atoms with Gasteiger partial charge in [0.15, 0.2) is 11.5 Å². The molecule has 2 aliphatic rings. The molecule has 0 bridgehead atoms. The third-order valence-corrected chi connectivity index (χ3v) is 5.35. The molecule has 0 N–H and O–H groups in total. The van der Waals surface area contributed by atoms with Crippen LogP contribution in [0.5, 0.6) is 11.5 Å². The summed E-state index contributed by atoms with van der Waals surface area (Å²) in [6.07, 6.45) is 0. The first kappa shape index (κ1) is 18.6. The number of urea groups is 1. The number of ether oxygens (including phenoxy) is 2. The maximum atomic E-state index is 12.9. The van der Waals surface area contributed by atoms with Gasteiger partial charge < -0.3 is 19.3 Å². The summed E-state index contributed by atoms with van der Waals surface area (Å²) in [5, 5.41) is 0. The van der Waals surface area contributed by atoms with Crippen molar-refractivity contribution in [3.05, 3.63) is 59.7 Å². The highest BCUT2D eigenvalue weighted by Crippen LogP contribution is 2.32. The van der Waals surface area contributed by atoms with Crippen molar-refractivity contribution < 1.29 is 14.3 Å². The number of nitrogens with zero attached hydrogens (tertiary/aromatic N) is 3. The van der Waals surface area contributed by atoms with E-state index in [4.69, 9.17) is 9.47 Å². The summed E-state index contributed by atoms with van der Waals surface area (Å²) in [7, 11) is 0. The van der Waals surface area contributed by atoms with E-state index in [-0.39, 0.29) is 6.03 Å². The molecule has 0 radical (unpaired) electrons. The van der Waals surface area contributed by atoms with Crippen LogP contribution in [0.15, 0.2) is 48.5 Å². The van der Waals surface area contributed by atoms with E-state index in [2.05, 4.69) is 29.2 Å². The Morgan fingerprint density at radius 1 is 0.964 bits per heavy atom. The summed E-state index contributed by atoms with van der Waals surface area (Å²) in [5.41, 5.74) is 2.38. The van der Waals surface area contributed by atoms with E-state index in [1.807, 2.05) is 41.0 Å². The third-order valence-electron chi connectivity index (χ3n) is 5.35. The molecule has 1 saturated heterocycles. The van der Waals surface area contributed by atoms with Crippen LogP contribution in [0, 0.1) is 0 Å². The minimum Gasteiger partial charge on any atom is -0.454 e. The highest BCUT2D eigenvalue weighted by molar-refractivity contribution is 5.74. The van der Waals surface area contributed by atoms with E-state index in [9.17, 15) is 4.79 Å². The Kier molecular flexibility index (Phi) is 5.67. The summed E-state index contributed by atoms with van der Waals surface area (Å²) >= 11 is 0. The number of hydrogen-bond acceptors (Lipinski definition) is 4. The van der Waals surface area contributed by atoms with E-state index in [1.165, 1.54) is 11.1 Å². The molecule has 2 heterocycles. The van der Waals surface area contributed by atoms with Gasteiger partial charge in [0.05, 0.1) is 0 Å². The lowest BCUT2D eigenvalue weighted by Crippen LogP contribution is -2.52. The van der Waals surface area contributed by atoms with Crippen molar-refractivity contribution in [1.82, 2.24) is 14.7 Å². The molecule has 0 aromatic heterocycles. The molecule has 148 valence electrons. The Hall–Kier alpha value is -2.73. The van der Waals surface area contributed by atoms with Crippen molar-refractivity contribution >= 4 is 6.03 Å². The molecule has 0 unspecified atom stereocenters. The Bertz CT molecular complexity index is 804. The zero-order chi connectivity index (χ0) is 19.3. The first-order chi connectivity index (χ1) is 13.7. The Morgan fingerprint density at radius 2 is 1.71 bits per heavy atom. The Morgan fingerprint density at radius 3 is 2.46 bits per heavy atom. The zero-order valence-electron chi connectivity index (χ0n) is 16.3. The highest BCUT2D eigenvalue weighted by atomic mass is 16.7. The maximum absolute atomic E-state index is 12.9. The van der Waals surface area contributed by atoms with Gasteiger partial charge in [-0.1, -0.05) is 36.4 Å². The van der Waals surface area contributed by atoms with E-state index in [0.717, 1.165) is 44.2 Å². The van der Waals surface area contributed by atoms with Crippen LogP contribution in [-0.2, 0) is 13.1 Å². The van der Waals surface area contributed by atoms with Gasteiger partial charge in [-0.3, -0.25) is 4.90 Å². The summed E-state index contributed by atoms with van der Waals surface area (Å²) in [4.78, 5) is 19.2. The average Bonchev–Trinajstić information content (AvgIpc) is 3.21. The topological polar surface area (TPSA) is 45.3 Å². The van der Waals surface area contributed by atoms with Crippen LogP contribution in [-0.4, -0.2) is 60.2 Å². The van der Waals surface area contributed by atoms with Crippen LogP contribution in [0.3, 0.4) is 0 Å².